The first-order chi connectivity index (χ1) is 15.9. The van der Waals surface area contributed by atoms with Crippen LogP contribution in [0.15, 0.2) is 91.0 Å². The van der Waals surface area contributed by atoms with Crippen molar-refractivity contribution >= 4 is 42.9 Å². The maximum absolute atomic E-state index is 9.84. The summed E-state index contributed by atoms with van der Waals surface area (Å²) in [5, 5.41) is 29.5. The summed E-state index contributed by atoms with van der Waals surface area (Å²) in [7, 11) is 0. The van der Waals surface area contributed by atoms with Crippen molar-refractivity contribution in [3.8, 4) is 0 Å². The normalized spacial score (nSPS) is 8.82. The van der Waals surface area contributed by atoms with Crippen LogP contribution in [0.1, 0.15) is 16.7 Å². The molecule has 0 unspecified atom stereocenters. The van der Waals surface area contributed by atoms with Gasteiger partial charge in [0.1, 0.15) is 0 Å². The van der Waals surface area contributed by atoms with Gasteiger partial charge in [-0.2, -0.15) is 0 Å². The van der Waals surface area contributed by atoms with Gasteiger partial charge >= 0.3 is 24.4 Å². The third kappa shape index (κ3) is 16.9. The Morgan fingerprint density at radius 3 is 0.853 bits per heavy atom. The van der Waals surface area contributed by atoms with Gasteiger partial charge in [-0.3, -0.25) is 0 Å². The summed E-state index contributed by atoms with van der Waals surface area (Å²) in [6.07, 6.45) is -4.48. The van der Waals surface area contributed by atoms with Gasteiger partial charge in [0.25, 0.3) is 18.5 Å². The van der Waals surface area contributed by atoms with Crippen LogP contribution in [-0.2, 0) is 34.0 Å². The molecular formula is C24H21O9Sb. The summed E-state index contributed by atoms with van der Waals surface area (Å²) < 4.78 is 12.7. The average molecular weight is 575 g/mol. The van der Waals surface area contributed by atoms with Gasteiger partial charge in [-0.1, -0.05) is 91.0 Å². The third-order valence-corrected chi connectivity index (χ3v) is 3.60. The standard InChI is InChI=1S/3C8H8O3.Sb/c3*9-8(10)11-6-7-4-2-1-3-5-7;/h3*1-5H,6H2,(H,9,10);/q;;;+3/p-3. The second-order valence-corrected chi connectivity index (χ2v) is 6.07. The Morgan fingerprint density at radius 1 is 0.471 bits per heavy atom. The average Bonchev–Trinajstić information content (AvgIpc) is 2.83. The number of benzene rings is 3. The molecule has 3 rings (SSSR count). The first kappa shape index (κ1) is 30.3. The van der Waals surface area contributed by atoms with Crippen molar-refractivity contribution in [2.45, 2.75) is 19.8 Å². The molecule has 0 aliphatic heterocycles. The molecule has 9 nitrogen and oxygen atoms in total. The molecule has 0 bridgehead atoms. The Bertz CT molecular complexity index is 825. The second-order valence-electron chi connectivity index (χ2n) is 6.07. The van der Waals surface area contributed by atoms with Crippen LogP contribution >= 0.6 is 0 Å². The van der Waals surface area contributed by atoms with Crippen LogP contribution in [0.3, 0.4) is 0 Å². The van der Waals surface area contributed by atoms with Crippen LogP contribution in [0.4, 0.5) is 14.4 Å². The molecule has 3 aromatic rings. The summed E-state index contributed by atoms with van der Waals surface area (Å²) in [6, 6.07) is 27.1. The molecule has 0 aromatic heterocycles. The number of rotatable bonds is 6. The van der Waals surface area contributed by atoms with Crippen LogP contribution in [0.5, 0.6) is 0 Å². The van der Waals surface area contributed by atoms with Crippen LogP contribution in [-0.4, -0.2) is 42.9 Å². The van der Waals surface area contributed by atoms with Gasteiger partial charge in [-0.15, -0.1) is 0 Å². The molecule has 176 valence electrons. The van der Waals surface area contributed by atoms with Crippen LogP contribution < -0.4 is 15.3 Å². The van der Waals surface area contributed by atoms with Crippen molar-refractivity contribution in [2.24, 2.45) is 0 Å². The van der Waals surface area contributed by atoms with Gasteiger partial charge < -0.3 is 43.9 Å². The fraction of sp³-hybridized carbons (Fsp3) is 0.125. The van der Waals surface area contributed by atoms with E-state index in [9.17, 15) is 29.7 Å². The smallest absolute Gasteiger partial charge is 0.545 e. The molecule has 34 heavy (non-hydrogen) atoms. The number of carbonyl (C=O) groups excluding carboxylic acids is 3. The molecule has 0 aliphatic carbocycles. The van der Waals surface area contributed by atoms with E-state index in [1.165, 1.54) is 0 Å². The van der Waals surface area contributed by atoms with Crippen LogP contribution in [0, 0.1) is 0 Å². The third-order valence-electron chi connectivity index (χ3n) is 3.60. The molecule has 0 atom stereocenters. The molecule has 0 saturated carbocycles. The summed E-state index contributed by atoms with van der Waals surface area (Å²) in [5.74, 6) is 0. The zero-order valence-corrected chi connectivity index (χ0v) is 20.5. The van der Waals surface area contributed by atoms with Crippen molar-refractivity contribution in [3.05, 3.63) is 108 Å². The van der Waals surface area contributed by atoms with Gasteiger partial charge in [0, 0.05) is 0 Å². The second kappa shape index (κ2) is 18.8. The maximum Gasteiger partial charge on any atom is 3.00 e. The Morgan fingerprint density at radius 2 is 0.676 bits per heavy atom. The topological polar surface area (TPSA) is 148 Å². The van der Waals surface area contributed by atoms with E-state index in [1.807, 2.05) is 54.6 Å². The summed E-state index contributed by atoms with van der Waals surface area (Å²) in [6.45, 7) is 0.176. The fourth-order valence-electron chi connectivity index (χ4n) is 2.15. The van der Waals surface area contributed by atoms with Crippen molar-refractivity contribution in [1.82, 2.24) is 0 Å². The summed E-state index contributed by atoms with van der Waals surface area (Å²) in [5.41, 5.74) is 2.45. The Labute approximate surface area is 214 Å². The fourth-order valence-corrected chi connectivity index (χ4v) is 2.15. The molecule has 0 spiro atoms. The minimum atomic E-state index is -1.49. The van der Waals surface area contributed by atoms with Gasteiger partial charge in [-0.05, 0) is 16.7 Å². The van der Waals surface area contributed by atoms with Crippen LogP contribution in [0.25, 0.3) is 0 Å². The Kier molecular flexibility index (Phi) is 16.8. The van der Waals surface area contributed by atoms with Crippen molar-refractivity contribution in [2.75, 3.05) is 0 Å². The Hall–Kier alpha value is -3.71. The predicted octanol–water partition coefficient (Wildman–Crippen LogP) is 1.26. The first-order valence-electron chi connectivity index (χ1n) is 9.50. The van der Waals surface area contributed by atoms with Gasteiger partial charge in [0.15, 0.2) is 0 Å². The number of carboxylic acid groups (broad SMARTS) is 3. The molecule has 0 N–H and O–H groups in total. The van der Waals surface area contributed by atoms with Gasteiger partial charge in [-0.25, -0.2) is 0 Å². The van der Waals surface area contributed by atoms with E-state index in [-0.39, 0.29) is 44.2 Å². The number of ether oxygens (including phenoxy) is 3. The summed E-state index contributed by atoms with van der Waals surface area (Å²) >= 11 is 0. The van der Waals surface area contributed by atoms with E-state index in [0.29, 0.717) is 0 Å². The molecule has 0 saturated heterocycles. The molecule has 0 fully saturated rings. The molecule has 3 aromatic carbocycles. The predicted molar refractivity (Wildman–Crippen MR) is 116 cm³/mol. The largest absolute Gasteiger partial charge is 3.00 e. The Balaban J connectivity index is 0.000000473. The molecule has 0 amide bonds. The number of carbonyl (C=O) groups is 3. The van der Waals surface area contributed by atoms with E-state index < -0.39 is 18.5 Å². The molecule has 2 radical (unpaired) electrons. The van der Waals surface area contributed by atoms with E-state index >= 15 is 0 Å². The van der Waals surface area contributed by atoms with Crippen LogP contribution in [0.2, 0.25) is 0 Å². The maximum atomic E-state index is 9.84. The zero-order valence-electron chi connectivity index (χ0n) is 17.9. The summed E-state index contributed by atoms with van der Waals surface area (Å²) in [4.78, 5) is 29.5. The quantitative estimate of drug-likeness (QED) is 0.241. The molecule has 0 aliphatic rings. The first-order valence-corrected chi connectivity index (χ1v) is 9.50. The van der Waals surface area contributed by atoms with Gasteiger partial charge in [0.2, 0.25) is 0 Å². The van der Waals surface area contributed by atoms with E-state index in [0.717, 1.165) is 16.7 Å². The minimum Gasteiger partial charge on any atom is -0.545 e. The molecule has 0 heterocycles. The van der Waals surface area contributed by atoms with Crippen molar-refractivity contribution in [3.63, 3.8) is 0 Å². The van der Waals surface area contributed by atoms with Crippen molar-refractivity contribution in [1.29, 1.82) is 0 Å². The van der Waals surface area contributed by atoms with E-state index in [4.69, 9.17) is 0 Å². The molecular weight excluding hydrogens is 554 g/mol. The monoisotopic (exact) mass is 574 g/mol. The number of hydrogen-bond acceptors (Lipinski definition) is 9. The zero-order chi connectivity index (χ0) is 24.3. The number of hydrogen-bond donors (Lipinski definition) is 0. The van der Waals surface area contributed by atoms with E-state index in [1.54, 1.807) is 36.4 Å². The van der Waals surface area contributed by atoms with Gasteiger partial charge in [0.05, 0.1) is 19.8 Å². The SMILES string of the molecule is O=C([O-])OCc1ccccc1.O=C([O-])OCc1ccccc1.O=C([O-])OCc1ccccc1.[Sb+3]. The molecule has 10 heteroatoms. The van der Waals surface area contributed by atoms with Crippen molar-refractivity contribution < 1.29 is 43.9 Å². The van der Waals surface area contributed by atoms with E-state index in [2.05, 4.69) is 14.2 Å². The minimum absolute atomic E-state index is 0.